The number of ketones is 1. The van der Waals surface area contributed by atoms with E-state index in [4.69, 9.17) is 0 Å². The number of carbonyl (C=O) groups excluding carboxylic acids is 1. The quantitative estimate of drug-likeness (QED) is 0.345. The number of hydrogen-bond donors (Lipinski definition) is 2. The Labute approximate surface area is 171 Å². The standard InChI is InChI=1S/C11H10BrFO.C8H15NS.C2H6/c12-10(11(14)7-5-6-7)8-3-1-2-4-9(8)13;1-2-3-7-6-9-5-4-8(7)10;1-2/h1-4,7,10H,5-6H2;3,8-10H,2,4-6H2,1H3;1-2H3/b;7-3-;. The lowest BCUT2D eigenvalue weighted by atomic mass is 10.1. The van der Waals surface area contributed by atoms with E-state index in [2.05, 4.69) is 46.9 Å². The minimum Gasteiger partial charge on any atom is -0.313 e. The van der Waals surface area contributed by atoms with Crippen molar-refractivity contribution in [3.05, 3.63) is 47.3 Å². The van der Waals surface area contributed by atoms with Gasteiger partial charge in [-0.1, -0.05) is 61.0 Å². The largest absolute Gasteiger partial charge is 0.313 e. The molecule has 0 spiro atoms. The van der Waals surface area contributed by atoms with Gasteiger partial charge in [0, 0.05) is 23.3 Å². The van der Waals surface area contributed by atoms with Crippen molar-refractivity contribution in [3.8, 4) is 0 Å². The Bertz CT molecular complexity index is 589. The Hall–Kier alpha value is -0.650. The summed E-state index contributed by atoms with van der Waals surface area (Å²) in [5.74, 6) is -0.0579. The van der Waals surface area contributed by atoms with E-state index < -0.39 is 4.83 Å². The zero-order valence-corrected chi connectivity index (χ0v) is 18.5. The number of hydrogen-bond acceptors (Lipinski definition) is 3. The van der Waals surface area contributed by atoms with Crippen LogP contribution in [0.1, 0.15) is 56.8 Å². The smallest absolute Gasteiger partial charge is 0.154 e. The number of nitrogens with one attached hydrogen (secondary N) is 1. The van der Waals surface area contributed by atoms with Crippen molar-refractivity contribution in [1.82, 2.24) is 5.32 Å². The van der Waals surface area contributed by atoms with E-state index in [1.54, 1.807) is 18.2 Å². The molecular weight excluding hydrogens is 413 g/mol. The van der Waals surface area contributed by atoms with Crippen LogP contribution in [0.25, 0.3) is 0 Å². The van der Waals surface area contributed by atoms with Crippen molar-refractivity contribution >= 4 is 34.3 Å². The third-order valence-electron chi connectivity index (χ3n) is 4.23. The fourth-order valence-electron chi connectivity index (χ4n) is 2.65. The second-order valence-corrected chi connectivity index (χ2v) is 7.77. The van der Waals surface area contributed by atoms with E-state index in [-0.39, 0.29) is 17.5 Å². The predicted octanol–water partition coefficient (Wildman–Crippen LogP) is 5.88. The van der Waals surface area contributed by atoms with Crippen molar-refractivity contribution in [2.75, 3.05) is 13.1 Å². The van der Waals surface area contributed by atoms with Crippen molar-refractivity contribution in [3.63, 3.8) is 0 Å². The Balaban J connectivity index is 0.000000249. The van der Waals surface area contributed by atoms with E-state index in [1.807, 2.05) is 13.8 Å². The highest BCUT2D eigenvalue weighted by Crippen LogP contribution is 2.38. The van der Waals surface area contributed by atoms with Crippen molar-refractivity contribution < 1.29 is 9.18 Å². The predicted molar refractivity (Wildman–Crippen MR) is 116 cm³/mol. The number of piperidine rings is 1. The number of alkyl halides is 1. The minimum absolute atomic E-state index is 0.107. The number of thiol groups is 1. The molecule has 0 aromatic heterocycles. The maximum atomic E-state index is 13.3. The molecule has 1 aliphatic carbocycles. The van der Waals surface area contributed by atoms with Crippen LogP contribution < -0.4 is 5.32 Å². The van der Waals surface area contributed by atoms with Gasteiger partial charge in [0.1, 0.15) is 10.6 Å². The average Bonchev–Trinajstić information content (AvgIpc) is 3.50. The van der Waals surface area contributed by atoms with Crippen molar-refractivity contribution in [1.29, 1.82) is 0 Å². The van der Waals surface area contributed by atoms with Crippen LogP contribution in [0, 0.1) is 11.7 Å². The number of allylic oxidation sites excluding steroid dienone is 1. The molecule has 0 radical (unpaired) electrons. The van der Waals surface area contributed by atoms with Gasteiger partial charge in [0.25, 0.3) is 0 Å². The summed E-state index contributed by atoms with van der Waals surface area (Å²) in [4.78, 5) is 11.2. The van der Waals surface area contributed by atoms with Crippen LogP contribution in [0.3, 0.4) is 0 Å². The molecule has 146 valence electrons. The van der Waals surface area contributed by atoms with E-state index in [1.165, 1.54) is 18.1 Å². The highest BCUT2D eigenvalue weighted by molar-refractivity contribution is 9.09. The normalized spacial score (nSPS) is 21.8. The van der Waals surface area contributed by atoms with Gasteiger partial charge in [-0.15, -0.1) is 0 Å². The maximum Gasteiger partial charge on any atom is 0.154 e. The SMILES string of the molecule is CC.CC/C=C1/CNCCC1S.O=C(C1CC1)C(Br)c1ccccc1F. The molecule has 2 fully saturated rings. The van der Waals surface area contributed by atoms with Gasteiger partial charge in [-0.25, -0.2) is 4.39 Å². The Morgan fingerprint density at radius 1 is 1.35 bits per heavy atom. The molecule has 3 rings (SSSR count). The molecule has 5 heteroatoms. The average molecular weight is 444 g/mol. The van der Waals surface area contributed by atoms with Gasteiger partial charge in [-0.2, -0.15) is 12.6 Å². The molecule has 1 aromatic carbocycles. The first-order valence-corrected chi connectivity index (χ1v) is 11.0. The van der Waals surface area contributed by atoms with E-state index >= 15 is 0 Å². The van der Waals surface area contributed by atoms with Crippen LogP contribution in [-0.2, 0) is 4.79 Å². The zero-order chi connectivity index (χ0) is 19.5. The lowest BCUT2D eigenvalue weighted by molar-refractivity contribution is -0.119. The molecule has 0 amide bonds. The summed E-state index contributed by atoms with van der Waals surface area (Å²) in [5.41, 5.74) is 1.92. The molecule has 1 heterocycles. The van der Waals surface area contributed by atoms with Crippen LogP contribution >= 0.6 is 28.6 Å². The number of carbonyl (C=O) groups is 1. The van der Waals surface area contributed by atoms with Gasteiger partial charge in [0.2, 0.25) is 0 Å². The first-order chi connectivity index (χ1) is 12.5. The third-order valence-corrected chi connectivity index (χ3v) is 5.76. The number of benzene rings is 1. The molecule has 2 unspecified atom stereocenters. The first kappa shape index (κ1) is 23.4. The van der Waals surface area contributed by atoms with Gasteiger partial charge < -0.3 is 5.32 Å². The molecule has 1 aromatic rings. The van der Waals surface area contributed by atoms with E-state index in [0.717, 1.165) is 32.4 Å². The number of rotatable bonds is 4. The summed E-state index contributed by atoms with van der Waals surface area (Å²) in [6, 6.07) is 6.39. The van der Waals surface area contributed by atoms with Crippen LogP contribution in [0.15, 0.2) is 35.9 Å². The van der Waals surface area contributed by atoms with Crippen LogP contribution in [0.4, 0.5) is 4.39 Å². The van der Waals surface area contributed by atoms with Crippen molar-refractivity contribution in [2.45, 2.75) is 56.5 Å². The highest BCUT2D eigenvalue weighted by Gasteiger charge is 2.35. The first-order valence-electron chi connectivity index (χ1n) is 9.54. The number of Topliss-reactive ketones (excluding diaryl/α,β-unsaturated/α-hetero) is 1. The van der Waals surface area contributed by atoms with Gasteiger partial charge >= 0.3 is 0 Å². The molecule has 2 aliphatic rings. The Morgan fingerprint density at radius 2 is 2.00 bits per heavy atom. The second kappa shape index (κ2) is 12.7. The maximum absolute atomic E-state index is 13.3. The molecule has 0 bridgehead atoms. The molecule has 1 N–H and O–H groups in total. The van der Waals surface area contributed by atoms with Crippen LogP contribution in [-0.4, -0.2) is 24.1 Å². The monoisotopic (exact) mass is 443 g/mol. The topological polar surface area (TPSA) is 29.1 Å². The van der Waals surface area contributed by atoms with Gasteiger partial charge in [0.15, 0.2) is 5.78 Å². The Morgan fingerprint density at radius 3 is 2.54 bits per heavy atom. The number of halogens is 2. The molecule has 1 aliphatic heterocycles. The fourth-order valence-corrected chi connectivity index (χ4v) is 3.72. The Kier molecular flexibility index (Phi) is 11.4. The molecule has 1 saturated heterocycles. The zero-order valence-electron chi connectivity index (χ0n) is 16.0. The molecule has 2 atom stereocenters. The van der Waals surface area contributed by atoms with Gasteiger partial charge in [-0.05, 0) is 43.9 Å². The third kappa shape index (κ3) is 7.53. The summed E-state index contributed by atoms with van der Waals surface area (Å²) in [7, 11) is 0. The van der Waals surface area contributed by atoms with Crippen LogP contribution in [0.2, 0.25) is 0 Å². The second-order valence-electron chi connectivity index (χ2n) is 6.23. The van der Waals surface area contributed by atoms with Gasteiger partial charge in [-0.3, -0.25) is 4.79 Å². The molecular formula is C21H31BrFNOS. The molecule has 26 heavy (non-hydrogen) atoms. The minimum atomic E-state index is -0.476. The van der Waals surface area contributed by atoms with E-state index in [9.17, 15) is 9.18 Å². The van der Waals surface area contributed by atoms with Crippen molar-refractivity contribution in [2.24, 2.45) is 5.92 Å². The molecule has 2 nitrogen and oxygen atoms in total. The summed E-state index contributed by atoms with van der Waals surface area (Å²) < 4.78 is 13.3. The van der Waals surface area contributed by atoms with Crippen LogP contribution in [0.5, 0.6) is 0 Å². The summed E-state index contributed by atoms with van der Waals surface area (Å²) in [6.07, 6.45) is 6.50. The molecule has 1 saturated carbocycles. The fraction of sp³-hybridized carbons (Fsp3) is 0.571. The lowest BCUT2D eigenvalue weighted by Crippen LogP contribution is -2.30. The lowest BCUT2D eigenvalue weighted by Gasteiger charge is -2.21. The summed E-state index contributed by atoms with van der Waals surface area (Å²) >= 11 is 7.74. The van der Waals surface area contributed by atoms with E-state index in [0.29, 0.717) is 10.8 Å². The highest BCUT2D eigenvalue weighted by atomic mass is 79.9. The summed E-state index contributed by atoms with van der Waals surface area (Å²) in [5, 5.41) is 3.85. The van der Waals surface area contributed by atoms with Gasteiger partial charge in [0.05, 0.1) is 0 Å². The summed E-state index contributed by atoms with van der Waals surface area (Å²) in [6.45, 7) is 8.33.